The minimum Gasteiger partial charge on any atom is -0.316 e. The van der Waals surface area contributed by atoms with Gasteiger partial charge in [-0.3, -0.25) is 0 Å². The highest BCUT2D eigenvalue weighted by Crippen LogP contribution is 2.20. The molecule has 0 radical (unpaired) electrons. The molecular formula is C10H8Cl2N2. The lowest BCUT2D eigenvalue weighted by molar-refractivity contribution is 0.798. The molecular weight excluding hydrogens is 219 g/mol. The van der Waals surface area contributed by atoms with Crippen molar-refractivity contribution in [2.45, 2.75) is 6.54 Å². The van der Waals surface area contributed by atoms with E-state index in [9.17, 15) is 0 Å². The molecule has 0 spiro atoms. The smallest absolute Gasteiger partial charge is 0.166 e. The van der Waals surface area contributed by atoms with Crippen molar-refractivity contribution in [3.63, 3.8) is 0 Å². The maximum atomic E-state index is 5.93. The molecule has 0 unspecified atom stereocenters. The van der Waals surface area contributed by atoms with Gasteiger partial charge in [0, 0.05) is 6.54 Å². The van der Waals surface area contributed by atoms with Gasteiger partial charge in [0.05, 0.1) is 6.33 Å². The van der Waals surface area contributed by atoms with Gasteiger partial charge in [0.2, 0.25) is 0 Å². The van der Waals surface area contributed by atoms with Crippen molar-refractivity contribution in [1.82, 2.24) is 9.55 Å². The number of rotatable bonds is 2. The Bertz CT molecular complexity index is 423. The number of halogens is 2. The van der Waals surface area contributed by atoms with Crippen LogP contribution in [0, 0.1) is 0 Å². The highest BCUT2D eigenvalue weighted by Gasteiger charge is 2.05. The minimum absolute atomic E-state index is 0.350. The number of benzene rings is 1. The summed E-state index contributed by atoms with van der Waals surface area (Å²) in [6.45, 7) is 0.694. The average Bonchev–Trinajstić information content (AvgIpc) is 2.52. The van der Waals surface area contributed by atoms with Crippen molar-refractivity contribution in [3.8, 4) is 0 Å². The topological polar surface area (TPSA) is 17.8 Å². The molecule has 4 heteroatoms. The lowest BCUT2D eigenvalue weighted by Crippen LogP contribution is -1.97. The highest BCUT2D eigenvalue weighted by atomic mass is 35.5. The van der Waals surface area contributed by atoms with Gasteiger partial charge in [0.25, 0.3) is 0 Å². The summed E-state index contributed by atoms with van der Waals surface area (Å²) in [4.78, 5) is 3.91. The van der Waals surface area contributed by atoms with Gasteiger partial charge >= 0.3 is 0 Å². The summed E-state index contributed by atoms with van der Waals surface area (Å²) in [6.07, 6.45) is 1.64. The van der Waals surface area contributed by atoms with Gasteiger partial charge in [-0.05, 0) is 5.56 Å². The molecule has 72 valence electrons. The Kier molecular flexibility index (Phi) is 2.75. The SMILES string of the molecule is Clc1ncn(Cc2ccccc2)c1Cl. The fraction of sp³-hybridized carbons (Fsp3) is 0.100. The summed E-state index contributed by atoms with van der Waals surface area (Å²) < 4.78 is 1.80. The molecule has 0 aliphatic carbocycles. The third-order valence-corrected chi connectivity index (χ3v) is 2.70. The first-order valence-corrected chi connectivity index (χ1v) is 4.93. The van der Waals surface area contributed by atoms with E-state index in [0.717, 1.165) is 0 Å². The zero-order valence-corrected chi connectivity index (χ0v) is 8.83. The van der Waals surface area contributed by atoms with E-state index in [1.807, 2.05) is 30.3 Å². The zero-order valence-electron chi connectivity index (χ0n) is 7.32. The molecule has 2 rings (SSSR count). The molecule has 0 fully saturated rings. The van der Waals surface area contributed by atoms with Crippen LogP contribution in [0.1, 0.15) is 5.56 Å². The Balaban J connectivity index is 2.23. The van der Waals surface area contributed by atoms with Crippen molar-refractivity contribution in [2.75, 3.05) is 0 Å². The second-order valence-electron chi connectivity index (χ2n) is 2.94. The van der Waals surface area contributed by atoms with E-state index in [-0.39, 0.29) is 0 Å². The number of imidazole rings is 1. The van der Waals surface area contributed by atoms with Gasteiger partial charge in [0.1, 0.15) is 5.15 Å². The van der Waals surface area contributed by atoms with Crippen molar-refractivity contribution < 1.29 is 0 Å². The molecule has 1 aromatic carbocycles. The standard InChI is InChI=1S/C10H8Cl2N2/c11-9-10(12)14(7-13-9)6-8-4-2-1-3-5-8/h1-5,7H,6H2. The van der Waals surface area contributed by atoms with Gasteiger partial charge in [-0.1, -0.05) is 53.5 Å². The van der Waals surface area contributed by atoms with Crippen LogP contribution in [0.4, 0.5) is 0 Å². The maximum Gasteiger partial charge on any atom is 0.166 e. The van der Waals surface area contributed by atoms with Gasteiger partial charge in [-0.25, -0.2) is 4.98 Å². The minimum atomic E-state index is 0.350. The number of hydrogen-bond acceptors (Lipinski definition) is 1. The molecule has 2 nitrogen and oxygen atoms in total. The van der Waals surface area contributed by atoms with Gasteiger partial charge in [0.15, 0.2) is 5.15 Å². The van der Waals surface area contributed by atoms with Gasteiger partial charge in [-0.15, -0.1) is 0 Å². The number of aromatic nitrogens is 2. The van der Waals surface area contributed by atoms with E-state index >= 15 is 0 Å². The van der Waals surface area contributed by atoms with E-state index in [1.54, 1.807) is 10.9 Å². The Morgan fingerprint density at radius 1 is 1.14 bits per heavy atom. The van der Waals surface area contributed by atoms with Crippen LogP contribution in [0.5, 0.6) is 0 Å². The first-order valence-electron chi connectivity index (χ1n) is 4.17. The second kappa shape index (κ2) is 4.03. The van der Waals surface area contributed by atoms with E-state index in [2.05, 4.69) is 4.98 Å². The van der Waals surface area contributed by atoms with Crippen molar-refractivity contribution in [2.24, 2.45) is 0 Å². The molecule has 0 aliphatic rings. The van der Waals surface area contributed by atoms with E-state index < -0.39 is 0 Å². The lowest BCUT2D eigenvalue weighted by atomic mass is 10.2. The monoisotopic (exact) mass is 226 g/mol. The molecule has 0 bridgehead atoms. The van der Waals surface area contributed by atoms with Crippen LogP contribution in [0.3, 0.4) is 0 Å². The predicted molar refractivity (Wildman–Crippen MR) is 57.8 cm³/mol. The van der Waals surface area contributed by atoms with E-state index in [0.29, 0.717) is 16.9 Å². The largest absolute Gasteiger partial charge is 0.316 e. The summed E-state index contributed by atoms with van der Waals surface area (Å²) in [7, 11) is 0. The molecule has 0 atom stereocenters. The number of nitrogens with zero attached hydrogens (tertiary/aromatic N) is 2. The molecule has 1 aromatic heterocycles. The summed E-state index contributed by atoms with van der Waals surface area (Å²) in [6, 6.07) is 10.0. The normalized spacial score (nSPS) is 10.4. The molecule has 0 N–H and O–H groups in total. The Morgan fingerprint density at radius 2 is 1.86 bits per heavy atom. The average molecular weight is 227 g/mol. The zero-order chi connectivity index (χ0) is 9.97. The Labute approximate surface area is 92.1 Å². The van der Waals surface area contributed by atoms with E-state index in [1.165, 1.54) is 5.56 Å². The Morgan fingerprint density at radius 3 is 2.43 bits per heavy atom. The fourth-order valence-electron chi connectivity index (χ4n) is 1.23. The third kappa shape index (κ3) is 1.91. The quantitative estimate of drug-likeness (QED) is 0.769. The van der Waals surface area contributed by atoms with Crippen LogP contribution < -0.4 is 0 Å². The molecule has 14 heavy (non-hydrogen) atoms. The molecule has 0 amide bonds. The maximum absolute atomic E-state index is 5.93. The van der Waals surface area contributed by atoms with Crippen molar-refractivity contribution in [3.05, 3.63) is 52.5 Å². The van der Waals surface area contributed by atoms with Crippen molar-refractivity contribution in [1.29, 1.82) is 0 Å². The molecule has 0 saturated carbocycles. The summed E-state index contributed by atoms with van der Waals surface area (Å²) >= 11 is 11.7. The van der Waals surface area contributed by atoms with Crippen LogP contribution in [-0.4, -0.2) is 9.55 Å². The summed E-state index contributed by atoms with van der Waals surface area (Å²) in [5.74, 6) is 0. The van der Waals surface area contributed by atoms with Crippen LogP contribution in [0.15, 0.2) is 36.7 Å². The fourth-order valence-corrected chi connectivity index (χ4v) is 1.54. The molecule has 2 aromatic rings. The molecule has 1 heterocycles. The van der Waals surface area contributed by atoms with Crippen molar-refractivity contribution >= 4 is 23.2 Å². The molecule has 0 saturated heterocycles. The molecule has 0 aliphatic heterocycles. The first kappa shape index (κ1) is 9.56. The Hall–Kier alpha value is -0.990. The van der Waals surface area contributed by atoms with Crippen LogP contribution in [0.25, 0.3) is 0 Å². The number of hydrogen-bond donors (Lipinski definition) is 0. The third-order valence-electron chi connectivity index (χ3n) is 1.93. The highest BCUT2D eigenvalue weighted by molar-refractivity contribution is 6.40. The predicted octanol–water partition coefficient (Wildman–Crippen LogP) is 3.24. The second-order valence-corrected chi connectivity index (χ2v) is 3.66. The van der Waals surface area contributed by atoms with Gasteiger partial charge < -0.3 is 4.57 Å². The van der Waals surface area contributed by atoms with Crippen LogP contribution in [0.2, 0.25) is 10.3 Å². The first-order chi connectivity index (χ1) is 6.77. The van der Waals surface area contributed by atoms with E-state index in [4.69, 9.17) is 23.2 Å². The lowest BCUT2D eigenvalue weighted by Gasteiger charge is -2.03. The summed E-state index contributed by atoms with van der Waals surface area (Å²) in [5.41, 5.74) is 1.17. The summed E-state index contributed by atoms with van der Waals surface area (Å²) in [5, 5.41) is 0.832. The van der Waals surface area contributed by atoms with Gasteiger partial charge in [-0.2, -0.15) is 0 Å². The van der Waals surface area contributed by atoms with Crippen LogP contribution >= 0.6 is 23.2 Å². The van der Waals surface area contributed by atoms with Crippen LogP contribution in [-0.2, 0) is 6.54 Å².